The fourth-order valence-corrected chi connectivity index (χ4v) is 7.37. The van der Waals surface area contributed by atoms with Crippen LogP contribution in [0.4, 0.5) is 0 Å². The van der Waals surface area contributed by atoms with E-state index in [-0.39, 0.29) is 31.6 Å². The van der Waals surface area contributed by atoms with Gasteiger partial charge < -0.3 is 69.7 Å². The third-order valence-corrected chi connectivity index (χ3v) is 11.4. The third-order valence-electron chi connectivity index (χ3n) is 11.4. The molecule has 2 fully saturated rings. The highest BCUT2D eigenvalue weighted by Crippen LogP contribution is 2.20. The highest BCUT2D eigenvalue weighted by atomic mass is 16.3. The fraction of sp³-hybridized carbons (Fsp3) is 0.581. The van der Waals surface area contributed by atoms with Crippen molar-refractivity contribution in [3.63, 3.8) is 0 Å². The van der Waals surface area contributed by atoms with Gasteiger partial charge in [-0.05, 0) is 48.8 Å². The zero-order valence-electron chi connectivity index (χ0n) is 38.5. The van der Waals surface area contributed by atoms with Crippen molar-refractivity contribution in [1.29, 1.82) is 0 Å². The molecule has 15 N–H and O–H groups in total. The van der Waals surface area contributed by atoms with Gasteiger partial charge in [-0.1, -0.05) is 46.2 Å². The Morgan fingerprint density at radius 3 is 1.99 bits per heavy atom. The molecule has 8 atom stereocenters. The van der Waals surface area contributed by atoms with Crippen molar-refractivity contribution in [3.05, 3.63) is 29.8 Å². The third kappa shape index (κ3) is 17.1. The van der Waals surface area contributed by atoms with Crippen LogP contribution in [-0.2, 0) is 64.0 Å². The lowest BCUT2D eigenvalue weighted by Gasteiger charge is -2.31. The van der Waals surface area contributed by atoms with E-state index in [0.717, 1.165) is 4.90 Å². The summed E-state index contributed by atoms with van der Waals surface area (Å²) in [6.45, 7) is 5.43. The van der Waals surface area contributed by atoms with Gasteiger partial charge in [-0.3, -0.25) is 57.5 Å². The predicted octanol–water partition coefficient (Wildman–Crippen LogP) is -4.81. The van der Waals surface area contributed by atoms with Crippen LogP contribution in [0.2, 0.25) is 0 Å². The number of phenolic OH excluding ortho intramolecular Hbond substituents is 1. The lowest BCUT2D eigenvalue weighted by Crippen LogP contribution is -2.62. The van der Waals surface area contributed by atoms with Crippen molar-refractivity contribution >= 4 is 70.9 Å². The number of primary amides is 3. The zero-order chi connectivity index (χ0) is 50.8. The topological polar surface area (TPSA) is 403 Å². The van der Waals surface area contributed by atoms with E-state index in [4.69, 9.17) is 17.2 Å². The number of carbonyl (C=O) groups is 12. The molecular formula is C43H64N12O13. The minimum atomic E-state index is -1.83. The number of benzene rings is 1. The minimum Gasteiger partial charge on any atom is -0.508 e. The summed E-state index contributed by atoms with van der Waals surface area (Å²) in [6.07, 6.45) is -2.14. The molecule has 0 saturated carbocycles. The normalized spacial score (nSPS) is 23.3. The summed E-state index contributed by atoms with van der Waals surface area (Å²) < 4.78 is 0. The van der Waals surface area contributed by atoms with Gasteiger partial charge in [-0.25, -0.2) is 0 Å². The number of amides is 12. The number of nitrogens with two attached hydrogens (primary N) is 3. The average molecular weight is 957 g/mol. The molecule has 25 nitrogen and oxygen atoms in total. The van der Waals surface area contributed by atoms with Gasteiger partial charge in [-0.15, -0.1) is 0 Å². The highest BCUT2D eigenvalue weighted by Gasteiger charge is 2.41. The van der Waals surface area contributed by atoms with Crippen LogP contribution in [-0.4, -0.2) is 143 Å². The molecule has 1 aromatic carbocycles. The molecule has 12 amide bonds. The summed E-state index contributed by atoms with van der Waals surface area (Å²) in [5.41, 5.74) is 16.5. The van der Waals surface area contributed by atoms with E-state index in [1.165, 1.54) is 24.3 Å². The van der Waals surface area contributed by atoms with E-state index in [1.807, 2.05) is 0 Å². The lowest BCUT2D eigenvalue weighted by atomic mass is 9.96. The second-order valence-corrected chi connectivity index (χ2v) is 17.1. The number of hydrogen-bond acceptors (Lipinski definition) is 13. The molecular weight excluding hydrogens is 893 g/mol. The summed E-state index contributed by atoms with van der Waals surface area (Å²) in [6, 6.07) is -4.46. The molecule has 0 aliphatic carbocycles. The van der Waals surface area contributed by atoms with E-state index in [0.29, 0.717) is 12.0 Å². The predicted molar refractivity (Wildman–Crippen MR) is 239 cm³/mol. The van der Waals surface area contributed by atoms with Crippen molar-refractivity contribution in [1.82, 2.24) is 47.4 Å². The molecule has 0 unspecified atom stereocenters. The van der Waals surface area contributed by atoms with Gasteiger partial charge in [0.25, 0.3) is 0 Å². The van der Waals surface area contributed by atoms with Crippen LogP contribution in [0.3, 0.4) is 0 Å². The maximum atomic E-state index is 14.4. The van der Waals surface area contributed by atoms with Gasteiger partial charge >= 0.3 is 0 Å². The van der Waals surface area contributed by atoms with Gasteiger partial charge in [0, 0.05) is 38.8 Å². The molecule has 0 bridgehead atoms. The first kappa shape index (κ1) is 55.0. The van der Waals surface area contributed by atoms with Gasteiger partial charge in [0.05, 0.1) is 13.0 Å². The van der Waals surface area contributed by atoms with Crippen LogP contribution in [0.1, 0.15) is 84.6 Å². The highest BCUT2D eigenvalue weighted by molar-refractivity contribution is 6.00. The molecule has 2 heterocycles. The van der Waals surface area contributed by atoms with Gasteiger partial charge in [-0.2, -0.15) is 0 Å². The van der Waals surface area contributed by atoms with E-state index in [2.05, 4.69) is 42.5 Å². The van der Waals surface area contributed by atoms with Crippen LogP contribution >= 0.6 is 0 Å². The van der Waals surface area contributed by atoms with E-state index in [1.54, 1.807) is 27.7 Å². The summed E-state index contributed by atoms with van der Waals surface area (Å²) in [5, 5.41) is 29.7. The van der Waals surface area contributed by atoms with Crippen molar-refractivity contribution in [2.24, 2.45) is 29.0 Å². The Kier molecular flexibility index (Phi) is 21.1. The average Bonchev–Trinajstić information content (AvgIpc) is 3.78. The Balaban J connectivity index is 2.06. The standard InChI is InChI=1S/C43H64N12O13/c1-5-22(4)36-42(67)50-25(12-13-30(44)57)37(62)51-27(18-31(45)58)38(63)52-28(43(68)55-16-6-7-29(55)40(65)53-35(21(2)3)41(66)48-20-32(46)59)19-47-33(60)14-15-34(61)49-26(39(64)54-36)17-23-8-10-24(56)11-9-23/h8-11,21-22,25-29,35-36,56H,5-7,12-20H2,1-4H3,(H2,44,57)(H2,45,58)(H2,46,59)(H,47,60)(H,48,66)(H,49,61)(H,50,67)(H,51,62)(H,52,63)(H,53,65)(H,54,64)/t22-,25-,26-,27-,28-,29-,35-,36-/m0/s1. The molecule has 1 aromatic rings. The summed E-state index contributed by atoms with van der Waals surface area (Å²) >= 11 is 0. The number of hydrogen-bond donors (Lipinski definition) is 12. The van der Waals surface area contributed by atoms with E-state index >= 15 is 0 Å². The van der Waals surface area contributed by atoms with Gasteiger partial charge in [0.2, 0.25) is 70.9 Å². The van der Waals surface area contributed by atoms with Gasteiger partial charge in [0.15, 0.2) is 0 Å². The van der Waals surface area contributed by atoms with E-state index < -0.39 is 170 Å². The molecule has 0 radical (unpaired) electrons. The summed E-state index contributed by atoms with van der Waals surface area (Å²) in [4.78, 5) is 160. The van der Waals surface area contributed by atoms with Crippen LogP contribution in [0.25, 0.3) is 0 Å². The maximum Gasteiger partial charge on any atom is 0.247 e. The fourth-order valence-electron chi connectivity index (χ4n) is 7.37. The largest absolute Gasteiger partial charge is 0.508 e. The molecule has 68 heavy (non-hydrogen) atoms. The maximum absolute atomic E-state index is 14.4. The Hall–Kier alpha value is -7.34. The quantitative estimate of drug-likeness (QED) is 0.0741. The Labute approximate surface area is 392 Å². The minimum absolute atomic E-state index is 0.0309. The zero-order valence-corrected chi connectivity index (χ0v) is 38.5. The van der Waals surface area contributed by atoms with Gasteiger partial charge in [0.1, 0.15) is 48.0 Å². The smallest absolute Gasteiger partial charge is 0.247 e. The molecule has 25 heteroatoms. The lowest BCUT2D eigenvalue weighted by molar-refractivity contribution is -0.143. The molecule has 374 valence electrons. The van der Waals surface area contributed by atoms with Crippen LogP contribution in [0.15, 0.2) is 24.3 Å². The second kappa shape index (κ2) is 26.1. The number of nitrogens with zero attached hydrogens (tertiary/aromatic N) is 1. The Morgan fingerprint density at radius 1 is 0.765 bits per heavy atom. The number of phenols is 1. The number of likely N-dealkylation sites (tertiary alicyclic amines) is 1. The number of nitrogens with one attached hydrogen (secondary N) is 8. The first-order valence-corrected chi connectivity index (χ1v) is 22.3. The molecule has 3 rings (SSSR count). The van der Waals surface area contributed by atoms with Crippen molar-refractivity contribution in [2.75, 3.05) is 19.6 Å². The second-order valence-electron chi connectivity index (χ2n) is 17.1. The molecule has 2 saturated heterocycles. The first-order chi connectivity index (χ1) is 32.0. The molecule has 2 aliphatic rings. The van der Waals surface area contributed by atoms with Crippen LogP contribution in [0.5, 0.6) is 5.75 Å². The van der Waals surface area contributed by atoms with Crippen molar-refractivity contribution in [3.8, 4) is 5.75 Å². The molecule has 2 aliphatic heterocycles. The number of carbonyl (C=O) groups excluding carboxylic acids is 12. The molecule has 0 spiro atoms. The summed E-state index contributed by atoms with van der Waals surface area (Å²) in [7, 11) is 0. The van der Waals surface area contributed by atoms with Crippen molar-refractivity contribution < 1.29 is 62.6 Å². The monoisotopic (exact) mass is 956 g/mol. The van der Waals surface area contributed by atoms with Crippen LogP contribution in [0, 0.1) is 11.8 Å². The first-order valence-electron chi connectivity index (χ1n) is 22.3. The number of aromatic hydroxyl groups is 1. The summed E-state index contributed by atoms with van der Waals surface area (Å²) in [5.74, 6) is -11.9. The molecule has 0 aromatic heterocycles. The Bertz CT molecular complexity index is 2070. The number of rotatable bonds is 16. The van der Waals surface area contributed by atoms with E-state index in [9.17, 15) is 62.6 Å². The SMILES string of the molecule is CC[C@H](C)[C@@H]1NC(=O)[C@H](Cc2ccc(O)cc2)NC(=O)CCC(=O)NC[C@@H](C(=O)N2CCC[C@H]2C(=O)N[C@H](C(=O)NCC(N)=O)C(C)C)NC(=O)[C@H](CC(N)=O)NC(=O)[C@H](CCC(N)=O)NC1=O. The van der Waals surface area contributed by atoms with Crippen molar-refractivity contribution in [2.45, 2.75) is 128 Å². The van der Waals surface area contributed by atoms with Crippen LogP contribution < -0.4 is 59.7 Å². The Morgan fingerprint density at radius 2 is 1.38 bits per heavy atom.